The Morgan fingerprint density at radius 3 is 2.77 bits per heavy atom. The van der Waals surface area contributed by atoms with Gasteiger partial charge in [0.05, 0.1) is 5.69 Å². The van der Waals surface area contributed by atoms with E-state index in [-0.39, 0.29) is 6.61 Å². The van der Waals surface area contributed by atoms with Crippen LogP contribution < -0.4 is 4.74 Å². The molecular formula is C16H18N4O2. The van der Waals surface area contributed by atoms with Crippen molar-refractivity contribution in [3.8, 4) is 5.75 Å². The monoisotopic (exact) mass is 298 g/mol. The molecule has 6 nitrogen and oxygen atoms in total. The van der Waals surface area contributed by atoms with Crippen LogP contribution in [0.1, 0.15) is 30.2 Å². The van der Waals surface area contributed by atoms with Gasteiger partial charge in [0.1, 0.15) is 18.1 Å². The van der Waals surface area contributed by atoms with Crippen LogP contribution in [0.3, 0.4) is 0 Å². The van der Waals surface area contributed by atoms with Gasteiger partial charge in [-0.05, 0) is 19.1 Å². The van der Waals surface area contributed by atoms with Crippen LogP contribution in [0.25, 0.3) is 0 Å². The van der Waals surface area contributed by atoms with Crippen molar-refractivity contribution >= 4 is 0 Å². The molecule has 114 valence electrons. The van der Waals surface area contributed by atoms with Gasteiger partial charge in [-0.3, -0.25) is 0 Å². The SMILES string of the molecule is CCc1nc(C)cn1Cc1nc(COc2ccccc2)no1. The number of imidazole rings is 1. The van der Waals surface area contributed by atoms with Crippen molar-refractivity contribution in [3.63, 3.8) is 0 Å². The molecule has 3 rings (SSSR count). The first kappa shape index (κ1) is 14.3. The molecule has 0 N–H and O–H groups in total. The van der Waals surface area contributed by atoms with Crippen molar-refractivity contribution in [2.75, 3.05) is 0 Å². The molecule has 0 aliphatic rings. The quantitative estimate of drug-likeness (QED) is 0.700. The number of aromatic nitrogens is 4. The average Bonchev–Trinajstić information content (AvgIpc) is 3.13. The van der Waals surface area contributed by atoms with E-state index in [0.717, 1.165) is 23.7 Å². The standard InChI is InChI=1S/C16H18N4O2/c1-3-15-17-12(2)9-20(15)10-16-18-14(19-22-16)11-21-13-7-5-4-6-8-13/h4-9H,3,10-11H2,1-2H3. The van der Waals surface area contributed by atoms with E-state index in [0.29, 0.717) is 18.3 Å². The highest BCUT2D eigenvalue weighted by atomic mass is 16.5. The van der Waals surface area contributed by atoms with E-state index in [1.165, 1.54) is 0 Å². The number of ether oxygens (including phenoxy) is 1. The molecule has 0 saturated heterocycles. The Balaban J connectivity index is 1.63. The molecule has 6 heteroatoms. The largest absolute Gasteiger partial charge is 0.485 e. The molecule has 0 spiro atoms. The van der Waals surface area contributed by atoms with Crippen molar-refractivity contribution in [1.82, 2.24) is 19.7 Å². The van der Waals surface area contributed by atoms with Gasteiger partial charge < -0.3 is 13.8 Å². The average molecular weight is 298 g/mol. The molecule has 22 heavy (non-hydrogen) atoms. The van der Waals surface area contributed by atoms with E-state index in [4.69, 9.17) is 9.26 Å². The van der Waals surface area contributed by atoms with E-state index in [1.54, 1.807) is 0 Å². The molecule has 0 unspecified atom stereocenters. The molecule has 1 aromatic carbocycles. The molecule has 3 aromatic rings. The molecule has 0 aliphatic heterocycles. The predicted molar refractivity (Wildman–Crippen MR) is 80.5 cm³/mol. The van der Waals surface area contributed by atoms with E-state index in [9.17, 15) is 0 Å². The molecule has 0 saturated carbocycles. The topological polar surface area (TPSA) is 66.0 Å². The van der Waals surface area contributed by atoms with Crippen LogP contribution in [0, 0.1) is 6.92 Å². The minimum atomic E-state index is 0.289. The smallest absolute Gasteiger partial charge is 0.246 e. The lowest BCUT2D eigenvalue weighted by Gasteiger charge is -2.02. The summed E-state index contributed by atoms with van der Waals surface area (Å²) in [6.45, 7) is 4.87. The molecule has 0 amide bonds. The highest BCUT2D eigenvalue weighted by Crippen LogP contribution is 2.11. The molecule has 0 bridgehead atoms. The molecule has 0 fully saturated rings. The predicted octanol–water partition coefficient (Wildman–Crippen LogP) is 2.76. The Hall–Kier alpha value is -2.63. The maximum atomic E-state index is 5.60. The molecule has 0 radical (unpaired) electrons. The second-order valence-electron chi connectivity index (χ2n) is 4.99. The molecule has 2 aromatic heterocycles. The van der Waals surface area contributed by atoms with Gasteiger partial charge in [-0.25, -0.2) is 4.98 Å². The number of aryl methyl sites for hydroxylation is 2. The number of rotatable bonds is 6. The summed E-state index contributed by atoms with van der Waals surface area (Å²) in [5.74, 6) is 2.89. The first-order valence-corrected chi connectivity index (χ1v) is 7.26. The number of hydrogen-bond acceptors (Lipinski definition) is 5. The van der Waals surface area contributed by atoms with Gasteiger partial charge in [-0.2, -0.15) is 4.98 Å². The first-order valence-electron chi connectivity index (χ1n) is 7.26. The summed E-state index contributed by atoms with van der Waals surface area (Å²) in [5, 5.41) is 3.94. The minimum absolute atomic E-state index is 0.289. The third-order valence-corrected chi connectivity index (χ3v) is 3.22. The second-order valence-corrected chi connectivity index (χ2v) is 4.99. The number of para-hydroxylation sites is 1. The summed E-state index contributed by atoms with van der Waals surface area (Å²) < 4.78 is 12.9. The van der Waals surface area contributed by atoms with Crippen LogP contribution in [0.4, 0.5) is 0 Å². The Bertz CT molecular complexity index is 734. The van der Waals surface area contributed by atoms with E-state index < -0.39 is 0 Å². The number of hydrogen-bond donors (Lipinski definition) is 0. The Morgan fingerprint density at radius 1 is 1.18 bits per heavy atom. The van der Waals surface area contributed by atoms with Crippen molar-refractivity contribution in [2.24, 2.45) is 0 Å². The van der Waals surface area contributed by atoms with Crippen LogP contribution in [0.15, 0.2) is 41.1 Å². The molecule has 0 atom stereocenters. The second kappa shape index (κ2) is 6.43. The first-order chi connectivity index (χ1) is 10.7. The summed E-state index contributed by atoms with van der Waals surface area (Å²) in [6, 6.07) is 9.57. The number of benzene rings is 1. The minimum Gasteiger partial charge on any atom is -0.485 e. The van der Waals surface area contributed by atoms with Gasteiger partial charge in [-0.15, -0.1) is 0 Å². The van der Waals surface area contributed by atoms with Gasteiger partial charge in [0, 0.05) is 12.6 Å². The summed E-state index contributed by atoms with van der Waals surface area (Å²) in [6.07, 6.45) is 2.86. The third-order valence-electron chi connectivity index (χ3n) is 3.22. The highest BCUT2D eigenvalue weighted by Gasteiger charge is 2.10. The van der Waals surface area contributed by atoms with Crippen LogP contribution in [-0.4, -0.2) is 19.7 Å². The summed E-state index contributed by atoms with van der Waals surface area (Å²) in [7, 11) is 0. The Morgan fingerprint density at radius 2 is 2.00 bits per heavy atom. The van der Waals surface area contributed by atoms with Crippen LogP contribution in [0.2, 0.25) is 0 Å². The highest BCUT2D eigenvalue weighted by molar-refractivity contribution is 5.20. The molecular weight excluding hydrogens is 280 g/mol. The van der Waals surface area contributed by atoms with Crippen LogP contribution in [0.5, 0.6) is 5.75 Å². The summed E-state index contributed by atoms with van der Waals surface area (Å²) in [5.41, 5.74) is 0.990. The fraction of sp³-hybridized carbons (Fsp3) is 0.312. The van der Waals surface area contributed by atoms with Crippen LogP contribution in [-0.2, 0) is 19.6 Å². The van der Waals surface area contributed by atoms with Gasteiger partial charge >= 0.3 is 0 Å². The zero-order chi connectivity index (χ0) is 15.4. The van der Waals surface area contributed by atoms with Gasteiger partial charge in [0.15, 0.2) is 6.61 Å². The Kier molecular flexibility index (Phi) is 4.18. The fourth-order valence-corrected chi connectivity index (χ4v) is 2.24. The maximum Gasteiger partial charge on any atom is 0.246 e. The lowest BCUT2D eigenvalue weighted by atomic mass is 10.3. The zero-order valence-electron chi connectivity index (χ0n) is 12.7. The lowest BCUT2D eigenvalue weighted by Crippen LogP contribution is -2.04. The van der Waals surface area contributed by atoms with E-state index in [2.05, 4.69) is 22.0 Å². The van der Waals surface area contributed by atoms with E-state index in [1.807, 2.05) is 48.0 Å². The summed E-state index contributed by atoms with van der Waals surface area (Å²) in [4.78, 5) is 8.81. The molecule has 0 aliphatic carbocycles. The van der Waals surface area contributed by atoms with Crippen molar-refractivity contribution in [2.45, 2.75) is 33.4 Å². The Labute approximate surface area is 128 Å². The van der Waals surface area contributed by atoms with Gasteiger partial charge in [0.25, 0.3) is 0 Å². The van der Waals surface area contributed by atoms with Crippen molar-refractivity contribution < 1.29 is 9.26 Å². The maximum absolute atomic E-state index is 5.60. The van der Waals surface area contributed by atoms with E-state index >= 15 is 0 Å². The third kappa shape index (κ3) is 3.33. The lowest BCUT2D eigenvalue weighted by molar-refractivity contribution is 0.284. The number of nitrogens with zero attached hydrogens (tertiary/aromatic N) is 4. The van der Waals surface area contributed by atoms with Gasteiger partial charge in [0.2, 0.25) is 11.7 Å². The fourth-order valence-electron chi connectivity index (χ4n) is 2.24. The van der Waals surface area contributed by atoms with Crippen LogP contribution >= 0.6 is 0 Å². The summed E-state index contributed by atoms with van der Waals surface area (Å²) >= 11 is 0. The zero-order valence-corrected chi connectivity index (χ0v) is 12.7. The van der Waals surface area contributed by atoms with Gasteiger partial charge in [-0.1, -0.05) is 30.3 Å². The normalized spacial score (nSPS) is 10.8. The molecule has 2 heterocycles. The van der Waals surface area contributed by atoms with Crippen molar-refractivity contribution in [1.29, 1.82) is 0 Å². The van der Waals surface area contributed by atoms with Crippen molar-refractivity contribution in [3.05, 3.63) is 59.8 Å².